The molecule has 1 aliphatic rings. The quantitative estimate of drug-likeness (QED) is 0.848. The highest BCUT2D eigenvalue weighted by atomic mass is 32.1. The fourth-order valence-electron chi connectivity index (χ4n) is 1.86. The smallest absolute Gasteiger partial charge is 0.136 e. The van der Waals surface area contributed by atoms with Crippen molar-refractivity contribution in [3.63, 3.8) is 0 Å². The minimum Gasteiger partial charge on any atom is -0.370 e. The summed E-state index contributed by atoms with van der Waals surface area (Å²) < 4.78 is 0. The first-order valence-corrected chi connectivity index (χ1v) is 7.47. The lowest BCUT2D eigenvalue weighted by molar-refractivity contribution is 0.919. The molecule has 0 aliphatic heterocycles. The van der Waals surface area contributed by atoms with Gasteiger partial charge in [-0.05, 0) is 19.8 Å². The van der Waals surface area contributed by atoms with Gasteiger partial charge in [-0.25, -0.2) is 9.97 Å². The second-order valence-electron chi connectivity index (χ2n) is 4.62. The average Bonchev–Trinajstić information content (AvgIpc) is 3.14. The molecule has 2 N–H and O–H groups in total. The van der Waals surface area contributed by atoms with Crippen molar-refractivity contribution in [1.29, 1.82) is 0 Å². The lowest BCUT2D eigenvalue weighted by Gasteiger charge is -2.09. The molecule has 2 heterocycles. The molecule has 3 rings (SSSR count). The van der Waals surface area contributed by atoms with Crippen LogP contribution < -0.4 is 10.6 Å². The second kappa shape index (κ2) is 5.52. The second-order valence-corrected chi connectivity index (χ2v) is 5.59. The van der Waals surface area contributed by atoms with Gasteiger partial charge in [-0.15, -0.1) is 11.3 Å². The highest BCUT2D eigenvalue weighted by Gasteiger charge is 2.27. The molecule has 1 saturated carbocycles. The Labute approximate surface area is 116 Å². The van der Waals surface area contributed by atoms with Crippen LogP contribution in [0.3, 0.4) is 0 Å². The molecule has 100 valence electrons. The maximum absolute atomic E-state index is 4.60. The van der Waals surface area contributed by atoms with Crippen LogP contribution in [0.5, 0.6) is 0 Å². The molecule has 2 aromatic heterocycles. The first kappa shape index (κ1) is 12.3. The third-order valence-electron chi connectivity index (χ3n) is 2.97. The largest absolute Gasteiger partial charge is 0.370 e. The van der Waals surface area contributed by atoms with E-state index in [4.69, 9.17) is 0 Å². The van der Waals surface area contributed by atoms with Crippen molar-refractivity contribution in [1.82, 2.24) is 15.0 Å². The Bertz CT molecular complexity index is 536. The summed E-state index contributed by atoms with van der Waals surface area (Å²) in [5.41, 5.74) is 1.84. The van der Waals surface area contributed by atoms with E-state index in [-0.39, 0.29) is 0 Å². The predicted molar refractivity (Wildman–Crippen MR) is 77.6 cm³/mol. The first-order valence-electron chi connectivity index (χ1n) is 6.59. The van der Waals surface area contributed by atoms with E-state index in [1.54, 1.807) is 11.3 Å². The molecule has 0 aromatic carbocycles. The number of nitrogens with one attached hydrogen (secondary N) is 2. The molecule has 0 amide bonds. The number of thiazole rings is 1. The highest BCUT2D eigenvalue weighted by Crippen LogP contribution is 2.38. The van der Waals surface area contributed by atoms with Gasteiger partial charge in [0.1, 0.15) is 17.5 Å². The van der Waals surface area contributed by atoms with Crippen molar-refractivity contribution >= 4 is 23.0 Å². The van der Waals surface area contributed by atoms with E-state index in [0.29, 0.717) is 5.92 Å². The van der Waals surface area contributed by atoms with E-state index < -0.39 is 0 Å². The van der Waals surface area contributed by atoms with Crippen LogP contribution in [0.15, 0.2) is 17.8 Å². The molecule has 0 unspecified atom stereocenters. The first-order chi connectivity index (χ1) is 9.35. The fraction of sp³-hybridized carbons (Fsp3) is 0.462. The van der Waals surface area contributed by atoms with Crippen LogP contribution in [-0.4, -0.2) is 21.5 Å². The summed E-state index contributed by atoms with van der Waals surface area (Å²) >= 11 is 1.65. The highest BCUT2D eigenvalue weighted by molar-refractivity contribution is 7.09. The number of rotatable bonds is 6. The third-order valence-corrected chi connectivity index (χ3v) is 3.75. The molecule has 0 atom stereocenters. The number of nitrogens with zero attached hydrogens (tertiary/aromatic N) is 3. The number of aromatic nitrogens is 3. The van der Waals surface area contributed by atoms with Gasteiger partial charge >= 0.3 is 0 Å². The van der Waals surface area contributed by atoms with Gasteiger partial charge in [-0.3, -0.25) is 4.98 Å². The Morgan fingerprint density at radius 1 is 1.26 bits per heavy atom. The van der Waals surface area contributed by atoms with Crippen molar-refractivity contribution < 1.29 is 0 Å². The van der Waals surface area contributed by atoms with Gasteiger partial charge in [-0.2, -0.15) is 0 Å². The monoisotopic (exact) mass is 275 g/mol. The van der Waals surface area contributed by atoms with Crippen LogP contribution in [-0.2, 0) is 6.54 Å². The summed E-state index contributed by atoms with van der Waals surface area (Å²) in [4.78, 5) is 14.4. The predicted octanol–water partition coefficient (Wildman–Crippen LogP) is 2.85. The van der Waals surface area contributed by atoms with Crippen molar-refractivity contribution in [3.8, 4) is 0 Å². The number of hydrogen-bond acceptors (Lipinski definition) is 6. The van der Waals surface area contributed by atoms with Crippen molar-refractivity contribution in [2.75, 3.05) is 17.2 Å². The number of anilines is 2. The van der Waals surface area contributed by atoms with Crippen LogP contribution >= 0.6 is 11.3 Å². The van der Waals surface area contributed by atoms with Crippen LogP contribution in [0.25, 0.3) is 0 Å². The topological polar surface area (TPSA) is 62.7 Å². The zero-order chi connectivity index (χ0) is 13.1. The Balaban J connectivity index is 1.74. The molecule has 0 saturated heterocycles. The SMILES string of the molecule is CCNc1cc(NCc2cncs2)nc(C2CC2)n1. The van der Waals surface area contributed by atoms with Gasteiger partial charge in [0.05, 0.1) is 12.1 Å². The molecule has 0 radical (unpaired) electrons. The van der Waals surface area contributed by atoms with Gasteiger partial charge in [0, 0.05) is 29.6 Å². The standard InChI is InChI=1S/C13H17N5S/c1-2-15-11-5-12(16-7-10-6-14-8-19-10)18-13(17-11)9-3-4-9/h5-6,8-9H,2-4,7H2,1H3,(H2,15,16,17,18). The van der Waals surface area contributed by atoms with E-state index in [1.165, 1.54) is 17.7 Å². The summed E-state index contributed by atoms with van der Waals surface area (Å²) in [7, 11) is 0. The molecular formula is C13H17N5S. The zero-order valence-corrected chi connectivity index (χ0v) is 11.7. The Morgan fingerprint density at radius 2 is 2.05 bits per heavy atom. The van der Waals surface area contributed by atoms with Crippen LogP contribution in [0.2, 0.25) is 0 Å². The van der Waals surface area contributed by atoms with Crippen molar-refractivity contribution in [2.45, 2.75) is 32.2 Å². The molecule has 5 nitrogen and oxygen atoms in total. The van der Waals surface area contributed by atoms with Crippen LogP contribution in [0.4, 0.5) is 11.6 Å². The molecule has 6 heteroatoms. The van der Waals surface area contributed by atoms with Crippen LogP contribution in [0.1, 0.15) is 36.4 Å². The van der Waals surface area contributed by atoms with Gasteiger partial charge in [-0.1, -0.05) is 0 Å². The van der Waals surface area contributed by atoms with E-state index in [9.17, 15) is 0 Å². The summed E-state index contributed by atoms with van der Waals surface area (Å²) in [5, 5.41) is 6.61. The summed E-state index contributed by atoms with van der Waals surface area (Å²) in [6, 6.07) is 1.97. The maximum Gasteiger partial charge on any atom is 0.136 e. The number of hydrogen-bond donors (Lipinski definition) is 2. The van der Waals surface area contributed by atoms with E-state index in [1.807, 2.05) is 17.8 Å². The zero-order valence-electron chi connectivity index (χ0n) is 10.9. The normalized spacial score (nSPS) is 14.4. The lowest BCUT2D eigenvalue weighted by atomic mass is 10.3. The maximum atomic E-state index is 4.60. The molecule has 19 heavy (non-hydrogen) atoms. The van der Waals surface area contributed by atoms with Gasteiger partial charge < -0.3 is 10.6 Å². The summed E-state index contributed by atoms with van der Waals surface area (Å²) in [6.45, 7) is 3.70. The van der Waals surface area contributed by atoms with E-state index >= 15 is 0 Å². The fourth-order valence-corrected chi connectivity index (χ4v) is 2.39. The van der Waals surface area contributed by atoms with Crippen molar-refractivity contribution in [3.05, 3.63) is 28.5 Å². The molecule has 2 aromatic rings. The third kappa shape index (κ3) is 3.20. The Kier molecular flexibility index (Phi) is 3.59. The Hall–Kier alpha value is -1.69. The average molecular weight is 275 g/mol. The minimum absolute atomic E-state index is 0.558. The summed E-state index contributed by atoms with van der Waals surface area (Å²) in [6.07, 6.45) is 4.31. The molecule has 0 bridgehead atoms. The van der Waals surface area contributed by atoms with Gasteiger partial charge in [0.15, 0.2) is 0 Å². The minimum atomic E-state index is 0.558. The summed E-state index contributed by atoms with van der Waals surface area (Å²) in [5.74, 6) is 3.32. The van der Waals surface area contributed by atoms with Crippen molar-refractivity contribution in [2.24, 2.45) is 0 Å². The molecule has 1 aliphatic carbocycles. The van der Waals surface area contributed by atoms with Crippen LogP contribution in [0, 0.1) is 0 Å². The Morgan fingerprint density at radius 3 is 2.68 bits per heavy atom. The molecule has 0 spiro atoms. The molecule has 1 fully saturated rings. The van der Waals surface area contributed by atoms with Gasteiger partial charge in [0.25, 0.3) is 0 Å². The van der Waals surface area contributed by atoms with E-state index in [2.05, 4.69) is 32.5 Å². The van der Waals surface area contributed by atoms with Gasteiger partial charge in [0.2, 0.25) is 0 Å². The lowest BCUT2D eigenvalue weighted by Crippen LogP contribution is -2.07. The van der Waals surface area contributed by atoms with E-state index in [0.717, 1.165) is 30.5 Å². The molecular weight excluding hydrogens is 258 g/mol.